The number of nitrogens with zero attached hydrogens (tertiary/aromatic N) is 1. The van der Waals surface area contributed by atoms with Crippen LogP contribution in [0.1, 0.15) is 49.9 Å². The number of halogens is 1. The molecule has 7 heteroatoms. The number of carbonyl (C=O) groups excluding carboxylic acids is 1. The van der Waals surface area contributed by atoms with Gasteiger partial charge in [0.2, 0.25) is 0 Å². The summed E-state index contributed by atoms with van der Waals surface area (Å²) in [6.07, 6.45) is 2.09. The van der Waals surface area contributed by atoms with E-state index in [9.17, 15) is 19.1 Å². The fraction of sp³-hybridized carbons (Fsp3) is 0.381. The van der Waals surface area contributed by atoms with Crippen LogP contribution in [0.3, 0.4) is 0 Å². The average Bonchev–Trinajstić information content (AvgIpc) is 2.51. The number of ether oxygens (including phenoxy) is 1. The van der Waals surface area contributed by atoms with E-state index in [2.05, 4.69) is 10.3 Å². The molecule has 0 spiro atoms. The maximum Gasteiger partial charge on any atom is 0.408 e. The van der Waals surface area contributed by atoms with Crippen LogP contribution in [0.5, 0.6) is 0 Å². The number of carboxylic acids is 1. The van der Waals surface area contributed by atoms with Crippen molar-refractivity contribution in [2.45, 2.75) is 52.7 Å². The van der Waals surface area contributed by atoms with Crippen molar-refractivity contribution < 1.29 is 23.8 Å². The highest BCUT2D eigenvalue weighted by atomic mass is 19.1. The second-order valence-corrected chi connectivity index (χ2v) is 7.72. The van der Waals surface area contributed by atoms with Crippen LogP contribution in [0.4, 0.5) is 9.18 Å². The molecule has 1 unspecified atom stereocenters. The van der Waals surface area contributed by atoms with E-state index in [0.717, 1.165) is 16.7 Å². The monoisotopic (exact) mass is 388 g/mol. The van der Waals surface area contributed by atoms with Gasteiger partial charge in [0.05, 0.1) is 12.5 Å². The Morgan fingerprint density at radius 1 is 1.18 bits per heavy atom. The number of pyridine rings is 1. The van der Waals surface area contributed by atoms with Gasteiger partial charge in [0.15, 0.2) is 0 Å². The number of aryl methyl sites for hydroxylation is 2. The molecular formula is C21H25FN2O4. The van der Waals surface area contributed by atoms with Crippen molar-refractivity contribution in [3.63, 3.8) is 0 Å². The summed E-state index contributed by atoms with van der Waals surface area (Å²) in [5.41, 5.74) is 2.84. The number of carboxylic acid groups (broad SMARTS) is 1. The van der Waals surface area contributed by atoms with Crippen LogP contribution in [0.2, 0.25) is 0 Å². The van der Waals surface area contributed by atoms with Crippen LogP contribution >= 0.6 is 0 Å². The predicted molar refractivity (Wildman–Crippen MR) is 103 cm³/mol. The van der Waals surface area contributed by atoms with E-state index in [4.69, 9.17) is 4.74 Å². The van der Waals surface area contributed by atoms with Gasteiger partial charge in [-0.2, -0.15) is 0 Å². The Morgan fingerprint density at radius 3 is 2.32 bits per heavy atom. The maximum absolute atomic E-state index is 13.6. The first-order valence-corrected chi connectivity index (χ1v) is 8.89. The standard InChI is InChI=1S/C21H25FN2O4/c1-12-6-16(22)7-13(2)19(12)15-8-14(10-23-11-15)17(9-18(25)26)24-20(27)28-21(3,4)5/h6-8,10-11,17H,9H2,1-5H3,(H,24,27)(H,25,26). The third kappa shape index (κ3) is 5.77. The Labute approximate surface area is 163 Å². The van der Waals surface area contributed by atoms with E-state index in [1.54, 1.807) is 46.9 Å². The summed E-state index contributed by atoms with van der Waals surface area (Å²) in [4.78, 5) is 27.6. The van der Waals surface area contributed by atoms with Gasteiger partial charge in [0, 0.05) is 18.0 Å². The zero-order valence-corrected chi connectivity index (χ0v) is 16.7. The van der Waals surface area contributed by atoms with Gasteiger partial charge in [-0.05, 0) is 75.1 Å². The van der Waals surface area contributed by atoms with Crippen molar-refractivity contribution in [1.82, 2.24) is 10.3 Å². The lowest BCUT2D eigenvalue weighted by Gasteiger charge is -2.23. The molecular weight excluding hydrogens is 363 g/mol. The van der Waals surface area contributed by atoms with Crippen LogP contribution in [0.15, 0.2) is 30.6 Å². The highest BCUT2D eigenvalue weighted by Crippen LogP contribution is 2.30. The van der Waals surface area contributed by atoms with Gasteiger partial charge in [-0.1, -0.05) is 0 Å². The molecule has 0 bridgehead atoms. The number of amides is 1. The highest BCUT2D eigenvalue weighted by molar-refractivity contribution is 5.74. The second-order valence-electron chi connectivity index (χ2n) is 7.72. The molecule has 2 N–H and O–H groups in total. The fourth-order valence-electron chi connectivity index (χ4n) is 3.03. The van der Waals surface area contributed by atoms with Crippen molar-refractivity contribution in [1.29, 1.82) is 0 Å². The van der Waals surface area contributed by atoms with Crippen molar-refractivity contribution in [2.24, 2.45) is 0 Å². The van der Waals surface area contributed by atoms with E-state index in [1.807, 2.05) is 0 Å². The van der Waals surface area contributed by atoms with Gasteiger partial charge >= 0.3 is 12.1 Å². The Hall–Kier alpha value is -2.96. The fourth-order valence-corrected chi connectivity index (χ4v) is 3.03. The Bertz CT molecular complexity index is 867. The van der Waals surface area contributed by atoms with Crippen LogP contribution < -0.4 is 5.32 Å². The molecule has 1 aromatic carbocycles. The van der Waals surface area contributed by atoms with E-state index < -0.39 is 23.7 Å². The molecule has 0 aliphatic heterocycles. The topological polar surface area (TPSA) is 88.5 Å². The molecule has 1 heterocycles. The van der Waals surface area contributed by atoms with Gasteiger partial charge < -0.3 is 15.2 Å². The summed E-state index contributed by atoms with van der Waals surface area (Å²) in [7, 11) is 0. The van der Waals surface area contributed by atoms with Crippen molar-refractivity contribution in [3.05, 3.63) is 53.1 Å². The molecule has 1 aromatic heterocycles. The van der Waals surface area contributed by atoms with E-state index in [-0.39, 0.29) is 12.2 Å². The van der Waals surface area contributed by atoms with Crippen molar-refractivity contribution in [3.8, 4) is 11.1 Å². The molecule has 2 rings (SSSR count). The number of hydrogen-bond donors (Lipinski definition) is 2. The van der Waals surface area contributed by atoms with E-state index >= 15 is 0 Å². The van der Waals surface area contributed by atoms with Crippen LogP contribution in [0.25, 0.3) is 11.1 Å². The summed E-state index contributed by atoms with van der Waals surface area (Å²) in [5.74, 6) is -1.39. The van der Waals surface area contributed by atoms with Crippen molar-refractivity contribution >= 4 is 12.1 Å². The Balaban J connectivity index is 2.39. The number of alkyl carbamates (subject to hydrolysis) is 1. The van der Waals surface area contributed by atoms with Crippen LogP contribution in [-0.4, -0.2) is 27.8 Å². The van der Waals surface area contributed by atoms with Gasteiger partial charge in [0.1, 0.15) is 11.4 Å². The van der Waals surface area contributed by atoms with Gasteiger partial charge in [-0.25, -0.2) is 9.18 Å². The van der Waals surface area contributed by atoms with Crippen LogP contribution in [0, 0.1) is 19.7 Å². The average molecular weight is 388 g/mol. The molecule has 150 valence electrons. The van der Waals surface area contributed by atoms with Crippen molar-refractivity contribution in [2.75, 3.05) is 0 Å². The molecule has 6 nitrogen and oxygen atoms in total. The lowest BCUT2D eigenvalue weighted by molar-refractivity contribution is -0.137. The zero-order chi connectivity index (χ0) is 21.1. The third-order valence-electron chi connectivity index (χ3n) is 4.02. The molecule has 1 atom stereocenters. The number of carbonyl (C=O) groups is 2. The largest absolute Gasteiger partial charge is 0.481 e. The zero-order valence-electron chi connectivity index (χ0n) is 16.7. The lowest BCUT2D eigenvalue weighted by Crippen LogP contribution is -2.35. The number of aromatic nitrogens is 1. The number of benzene rings is 1. The third-order valence-corrected chi connectivity index (χ3v) is 4.02. The minimum atomic E-state index is -1.07. The molecule has 0 saturated carbocycles. The molecule has 0 fully saturated rings. The van der Waals surface area contributed by atoms with E-state index in [0.29, 0.717) is 11.1 Å². The molecule has 0 aliphatic carbocycles. The molecule has 2 aromatic rings. The quantitative estimate of drug-likeness (QED) is 0.785. The van der Waals surface area contributed by atoms with Gasteiger partial charge in [0.25, 0.3) is 0 Å². The first kappa shape index (κ1) is 21.3. The van der Waals surface area contributed by atoms with Gasteiger partial charge in [-0.3, -0.25) is 9.78 Å². The Morgan fingerprint density at radius 2 is 1.79 bits per heavy atom. The first-order valence-electron chi connectivity index (χ1n) is 8.89. The predicted octanol–water partition coefficient (Wildman–Crippen LogP) is 4.55. The minimum Gasteiger partial charge on any atom is -0.481 e. The number of aliphatic carboxylic acids is 1. The SMILES string of the molecule is Cc1cc(F)cc(C)c1-c1cncc(C(CC(=O)O)NC(=O)OC(C)(C)C)c1. The van der Waals surface area contributed by atoms with Gasteiger partial charge in [-0.15, -0.1) is 0 Å². The Kier molecular flexibility index (Phi) is 6.38. The maximum atomic E-state index is 13.6. The minimum absolute atomic E-state index is 0.321. The summed E-state index contributed by atoms with van der Waals surface area (Å²) >= 11 is 0. The molecule has 28 heavy (non-hydrogen) atoms. The second kappa shape index (κ2) is 8.37. The molecule has 0 saturated heterocycles. The first-order chi connectivity index (χ1) is 13.0. The number of hydrogen-bond acceptors (Lipinski definition) is 4. The lowest BCUT2D eigenvalue weighted by atomic mass is 9.94. The summed E-state index contributed by atoms with van der Waals surface area (Å²) in [6, 6.07) is 3.80. The summed E-state index contributed by atoms with van der Waals surface area (Å²) < 4.78 is 18.8. The molecule has 0 radical (unpaired) electrons. The molecule has 1 amide bonds. The van der Waals surface area contributed by atoms with E-state index in [1.165, 1.54) is 18.3 Å². The van der Waals surface area contributed by atoms with Crippen LogP contribution in [-0.2, 0) is 9.53 Å². The highest BCUT2D eigenvalue weighted by Gasteiger charge is 2.23. The number of nitrogens with one attached hydrogen (secondary N) is 1. The molecule has 0 aliphatic rings. The summed E-state index contributed by atoms with van der Waals surface area (Å²) in [5, 5.41) is 11.8. The summed E-state index contributed by atoms with van der Waals surface area (Å²) in [6.45, 7) is 8.76. The number of rotatable bonds is 5. The smallest absolute Gasteiger partial charge is 0.408 e. The normalized spacial score (nSPS) is 12.4.